The molecule has 2 aliphatic rings. The fourth-order valence-corrected chi connectivity index (χ4v) is 3.94. The zero-order chi connectivity index (χ0) is 17.9. The molecule has 2 heterocycles. The molecule has 0 atom stereocenters. The molecule has 0 aromatic heterocycles. The SMILES string of the molecule is O=C1S/C(=C\c2ccccc2N2CCOCC2)C(=O)N1c1ccccc1. The minimum atomic E-state index is -0.275. The van der Waals surface area contributed by atoms with Gasteiger partial charge in [0.05, 0.1) is 23.8 Å². The van der Waals surface area contributed by atoms with E-state index >= 15 is 0 Å². The third-order valence-electron chi connectivity index (χ3n) is 4.38. The Balaban J connectivity index is 1.65. The van der Waals surface area contributed by atoms with Crippen LogP contribution in [0.2, 0.25) is 0 Å². The topological polar surface area (TPSA) is 49.9 Å². The molecule has 0 bridgehead atoms. The van der Waals surface area contributed by atoms with Crippen molar-refractivity contribution in [2.75, 3.05) is 36.1 Å². The Morgan fingerprint density at radius 1 is 0.923 bits per heavy atom. The summed E-state index contributed by atoms with van der Waals surface area (Å²) in [5.74, 6) is -0.275. The number of hydrogen-bond donors (Lipinski definition) is 0. The van der Waals surface area contributed by atoms with Crippen LogP contribution in [0.25, 0.3) is 6.08 Å². The highest BCUT2D eigenvalue weighted by molar-refractivity contribution is 8.19. The maximum Gasteiger partial charge on any atom is 0.298 e. The largest absolute Gasteiger partial charge is 0.378 e. The van der Waals surface area contributed by atoms with Crippen LogP contribution in [0.3, 0.4) is 0 Å². The van der Waals surface area contributed by atoms with Gasteiger partial charge in [-0.2, -0.15) is 0 Å². The minimum Gasteiger partial charge on any atom is -0.378 e. The summed E-state index contributed by atoms with van der Waals surface area (Å²) in [7, 11) is 0. The monoisotopic (exact) mass is 366 g/mol. The van der Waals surface area contributed by atoms with E-state index in [1.54, 1.807) is 12.1 Å². The molecule has 5 nitrogen and oxygen atoms in total. The summed E-state index contributed by atoms with van der Waals surface area (Å²) in [6.45, 7) is 3.02. The van der Waals surface area contributed by atoms with Gasteiger partial charge in [-0.1, -0.05) is 36.4 Å². The number of anilines is 2. The number of imide groups is 1. The van der Waals surface area contributed by atoms with E-state index in [1.807, 2.05) is 48.5 Å². The predicted octanol–water partition coefficient (Wildman–Crippen LogP) is 3.76. The lowest BCUT2D eigenvalue weighted by molar-refractivity contribution is -0.113. The second-order valence-corrected chi connectivity index (χ2v) is 7.00. The third-order valence-corrected chi connectivity index (χ3v) is 5.25. The molecule has 0 aliphatic carbocycles. The van der Waals surface area contributed by atoms with Gasteiger partial charge in [0.1, 0.15) is 0 Å². The highest BCUT2D eigenvalue weighted by Gasteiger charge is 2.36. The van der Waals surface area contributed by atoms with E-state index in [0.717, 1.165) is 36.1 Å². The predicted molar refractivity (Wildman–Crippen MR) is 104 cm³/mol. The van der Waals surface area contributed by atoms with E-state index in [9.17, 15) is 9.59 Å². The van der Waals surface area contributed by atoms with Gasteiger partial charge >= 0.3 is 0 Å². The summed E-state index contributed by atoms with van der Waals surface area (Å²) in [6.07, 6.45) is 1.82. The van der Waals surface area contributed by atoms with Crippen molar-refractivity contribution in [3.8, 4) is 0 Å². The lowest BCUT2D eigenvalue weighted by atomic mass is 10.1. The van der Waals surface area contributed by atoms with Crippen LogP contribution in [0.4, 0.5) is 16.2 Å². The lowest BCUT2D eigenvalue weighted by Gasteiger charge is -2.30. The Morgan fingerprint density at radius 2 is 1.62 bits per heavy atom. The number of nitrogens with zero attached hydrogens (tertiary/aromatic N) is 2. The van der Waals surface area contributed by atoms with Gasteiger partial charge in [-0.3, -0.25) is 9.59 Å². The molecule has 2 fully saturated rings. The number of benzene rings is 2. The van der Waals surface area contributed by atoms with E-state index in [-0.39, 0.29) is 11.1 Å². The van der Waals surface area contributed by atoms with Crippen LogP contribution in [0.15, 0.2) is 59.5 Å². The number of carbonyl (C=O) groups excluding carboxylic acids is 2. The van der Waals surface area contributed by atoms with Crippen LogP contribution in [-0.4, -0.2) is 37.4 Å². The molecule has 2 amide bonds. The molecule has 0 spiro atoms. The van der Waals surface area contributed by atoms with Gasteiger partial charge in [0, 0.05) is 18.8 Å². The van der Waals surface area contributed by atoms with Crippen LogP contribution in [0, 0.1) is 0 Å². The summed E-state index contributed by atoms with van der Waals surface area (Å²) >= 11 is 0.982. The second kappa shape index (κ2) is 7.35. The van der Waals surface area contributed by atoms with Crippen molar-refractivity contribution < 1.29 is 14.3 Å². The Kier molecular flexibility index (Phi) is 4.77. The Hall–Kier alpha value is -2.57. The highest BCUT2D eigenvalue weighted by atomic mass is 32.2. The first-order valence-electron chi connectivity index (χ1n) is 8.49. The average Bonchev–Trinajstić information content (AvgIpc) is 2.97. The standard InChI is InChI=1S/C20H18N2O3S/c23-19-18(26-20(24)22(19)16-7-2-1-3-8-16)14-15-6-4-5-9-17(15)21-10-12-25-13-11-21/h1-9,14H,10-13H2/b18-14-. The fraction of sp³-hybridized carbons (Fsp3) is 0.200. The van der Waals surface area contributed by atoms with Crippen LogP contribution in [0.1, 0.15) is 5.56 Å². The van der Waals surface area contributed by atoms with Gasteiger partial charge in [-0.25, -0.2) is 4.90 Å². The van der Waals surface area contributed by atoms with E-state index in [0.29, 0.717) is 23.8 Å². The molecular weight excluding hydrogens is 348 g/mol. The smallest absolute Gasteiger partial charge is 0.298 e. The molecule has 6 heteroatoms. The Morgan fingerprint density at radius 3 is 2.38 bits per heavy atom. The van der Waals surface area contributed by atoms with Crippen LogP contribution in [0.5, 0.6) is 0 Å². The molecule has 132 valence electrons. The minimum absolute atomic E-state index is 0.267. The Labute approximate surface area is 156 Å². The number of morpholine rings is 1. The molecule has 2 saturated heterocycles. The summed E-state index contributed by atoms with van der Waals surface area (Å²) in [5, 5.41) is -0.267. The molecule has 2 aliphatic heterocycles. The number of hydrogen-bond acceptors (Lipinski definition) is 5. The molecule has 0 N–H and O–H groups in total. The van der Waals surface area contributed by atoms with Crippen LogP contribution in [-0.2, 0) is 9.53 Å². The van der Waals surface area contributed by atoms with Crippen molar-refractivity contribution in [2.24, 2.45) is 0 Å². The van der Waals surface area contributed by atoms with E-state index in [2.05, 4.69) is 4.90 Å². The molecule has 0 radical (unpaired) electrons. The van der Waals surface area contributed by atoms with Gasteiger partial charge in [0.2, 0.25) is 0 Å². The van der Waals surface area contributed by atoms with Gasteiger partial charge in [-0.05, 0) is 41.6 Å². The first-order chi connectivity index (χ1) is 12.7. The second-order valence-electron chi connectivity index (χ2n) is 6.01. The first-order valence-corrected chi connectivity index (χ1v) is 9.30. The molecule has 2 aromatic carbocycles. The van der Waals surface area contributed by atoms with Crippen molar-refractivity contribution in [2.45, 2.75) is 0 Å². The summed E-state index contributed by atoms with van der Waals surface area (Å²) in [6, 6.07) is 17.0. The number of amides is 2. The van der Waals surface area contributed by atoms with E-state index < -0.39 is 0 Å². The first kappa shape index (κ1) is 16.9. The summed E-state index contributed by atoms with van der Waals surface area (Å²) < 4.78 is 5.42. The quantitative estimate of drug-likeness (QED) is 0.774. The maximum absolute atomic E-state index is 12.8. The van der Waals surface area contributed by atoms with Gasteiger partial charge in [-0.15, -0.1) is 0 Å². The number of ether oxygens (including phenoxy) is 1. The third kappa shape index (κ3) is 3.25. The lowest BCUT2D eigenvalue weighted by Crippen LogP contribution is -2.36. The molecule has 0 unspecified atom stereocenters. The van der Waals surface area contributed by atoms with Crippen LogP contribution < -0.4 is 9.80 Å². The summed E-state index contributed by atoms with van der Waals surface area (Å²) in [4.78, 5) is 29.1. The molecule has 26 heavy (non-hydrogen) atoms. The van der Waals surface area contributed by atoms with Gasteiger partial charge < -0.3 is 9.64 Å². The molecule has 0 saturated carbocycles. The highest BCUT2D eigenvalue weighted by Crippen LogP contribution is 2.36. The van der Waals surface area contributed by atoms with Crippen molar-refractivity contribution in [1.29, 1.82) is 0 Å². The number of rotatable bonds is 3. The van der Waals surface area contributed by atoms with E-state index in [1.165, 1.54) is 4.90 Å². The van der Waals surface area contributed by atoms with Crippen molar-refractivity contribution in [3.63, 3.8) is 0 Å². The number of carbonyl (C=O) groups is 2. The van der Waals surface area contributed by atoms with Gasteiger partial charge in [0.15, 0.2) is 0 Å². The van der Waals surface area contributed by atoms with Crippen molar-refractivity contribution >= 4 is 40.4 Å². The average molecular weight is 366 g/mol. The zero-order valence-corrected chi connectivity index (χ0v) is 14.9. The fourth-order valence-electron chi connectivity index (χ4n) is 3.11. The number of thioether (sulfide) groups is 1. The molecule has 2 aromatic rings. The number of para-hydroxylation sites is 2. The molecule has 4 rings (SSSR count). The van der Waals surface area contributed by atoms with Crippen molar-refractivity contribution in [3.05, 3.63) is 65.1 Å². The Bertz CT molecular complexity index is 860. The van der Waals surface area contributed by atoms with Crippen LogP contribution >= 0.6 is 11.8 Å². The maximum atomic E-state index is 12.8. The van der Waals surface area contributed by atoms with Gasteiger partial charge in [0.25, 0.3) is 11.1 Å². The molecular formula is C20H18N2O3S. The van der Waals surface area contributed by atoms with E-state index in [4.69, 9.17) is 4.74 Å². The van der Waals surface area contributed by atoms with Crippen molar-refractivity contribution in [1.82, 2.24) is 0 Å². The normalized spacial score (nSPS) is 19.5. The zero-order valence-electron chi connectivity index (χ0n) is 14.1. The summed E-state index contributed by atoms with van der Waals surface area (Å²) in [5.41, 5.74) is 2.59.